The summed E-state index contributed by atoms with van der Waals surface area (Å²) < 4.78 is 49.1. The number of ether oxygens (including phenoxy) is 1. The second-order valence-electron chi connectivity index (χ2n) is 7.12. The maximum Gasteiger partial charge on any atom is 0.167 e. The first kappa shape index (κ1) is 19.7. The molecule has 27 heavy (non-hydrogen) atoms. The Kier molecular flexibility index (Phi) is 6.38. The maximum atomic E-state index is 14.7. The average Bonchev–Trinajstić information content (AvgIpc) is 2.67. The van der Waals surface area contributed by atoms with E-state index in [1.54, 1.807) is 25.1 Å². The third kappa shape index (κ3) is 4.27. The molecular weight excluding hydrogens is 349 g/mol. The van der Waals surface area contributed by atoms with E-state index in [0.29, 0.717) is 23.7 Å². The van der Waals surface area contributed by atoms with Crippen LogP contribution in [-0.2, 0) is 4.74 Å². The van der Waals surface area contributed by atoms with Crippen LogP contribution in [0.2, 0.25) is 0 Å². The molecule has 2 aromatic carbocycles. The van der Waals surface area contributed by atoms with Crippen LogP contribution in [0.4, 0.5) is 13.2 Å². The van der Waals surface area contributed by atoms with Gasteiger partial charge in [0.25, 0.3) is 0 Å². The highest BCUT2D eigenvalue weighted by Gasteiger charge is 2.25. The molecule has 0 N–H and O–H groups in total. The van der Waals surface area contributed by atoms with Gasteiger partial charge >= 0.3 is 0 Å². The van der Waals surface area contributed by atoms with Crippen molar-refractivity contribution in [2.75, 3.05) is 6.61 Å². The third-order valence-electron chi connectivity index (χ3n) is 5.18. The Balaban J connectivity index is 1.83. The molecule has 2 unspecified atom stereocenters. The second kappa shape index (κ2) is 8.75. The third-order valence-corrected chi connectivity index (χ3v) is 5.18. The Morgan fingerprint density at radius 1 is 1.07 bits per heavy atom. The standard InChI is InChI=1S/C23H25F3O/c1-3-5-15-7-12-21(27-14-15)19-11-9-17(13-20(19)24)18-10-8-16(6-4-2)22(25)23(18)26/h4,6,8-11,13,15,21H,3,5,7,12,14H2,1-2H3/b6-4+. The SMILES string of the molecule is C/C=C/c1ccc(-c2ccc(C3CCC(CCC)CO3)c(F)c2)c(F)c1F. The topological polar surface area (TPSA) is 9.23 Å². The van der Waals surface area contributed by atoms with Crippen molar-refractivity contribution in [3.05, 3.63) is 65.0 Å². The molecule has 0 aromatic heterocycles. The van der Waals surface area contributed by atoms with Gasteiger partial charge in [0.05, 0.1) is 12.7 Å². The molecule has 0 amide bonds. The first-order chi connectivity index (χ1) is 13.0. The van der Waals surface area contributed by atoms with Gasteiger partial charge in [-0.2, -0.15) is 0 Å². The molecule has 0 saturated carbocycles. The van der Waals surface area contributed by atoms with Crippen LogP contribution in [0.25, 0.3) is 17.2 Å². The molecule has 1 heterocycles. The Morgan fingerprint density at radius 3 is 2.52 bits per heavy atom. The summed E-state index contributed by atoms with van der Waals surface area (Å²) in [5, 5.41) is 0. The summed E-state index contributed by atoms with van der Waals surface area (Å²) in [5.41, 5.74) is 1.03. The van der Waals surface area contributed by atoms with Gasteiger partial charge in [0.15, 0.2) is 11.6 Å². The van der Waals surface area contributed by atoms with Gasteiger partial charge in [0.2, 0.25) is 0 Å². The van der Waals surface area contributed by atoms with Gasteiger partial charge in [-0.15, -0.1) is 0 Å². The van der Waals surface area contributed by atoms with Crippen LogP contribution >= 0.6 is 0 Å². The van der Waals surface area contributed by atoms with Crippen molar-refractivity contribution in [1.82, 2.24) is 0 Å². The minimum Gasteiger partial charge on any atom is -0.373 e. The van der Waals surface area contributed by atoms with Crippen LogP contribution in [0, 0.1) is 23.4 Å². The van der Waals surface area contributed by atoms with Crippen molar-refractivity contribution < 1.29 is 17.9 Å². The van der Waals surface area contributed by atoms with E-state index in [1.165, 1.54) is 24.3 Å². The molecule has 4 heteroatoms. The van der Waals surface area contributed by atoms with Crippen molar-refractivity contribution >= 4 is 6.08 Å². The van der Waals surface area contributed by atoms with E-state index in [-0.39, 0.29) is 17.2 Å². The number of halogens is 3. The monoisotopic (exact) mass is 374 g/mol. The molecule has 3 rings (SSSR count). The van der Waals surface area contributed by atoms with Crippen LogP contribution in [0.5, 0.6) is 0 Å². The summed E-state index contributed by atoms with van der Waals surface area (Å²) in [4.78, 5) is 0. The molecule has 0 spiro atoms. The molecule has 1 aliphatic heterocycles. The lowest BCUT2D eigenvalue weighted by Crippen LogP contribution is -2.21. The predicted octanol–water partition coefficient (Wildman–Crippen LogP) is 7.07. The Morgan fingerprint density at radius 2 is 1.89 bits per heavy atom. The summed E-state index contributed by atoms with van der Waals surface area (Å²) in [7, 11) is 0. The lowest BCUT2D eigenvalue weighted by atomic mass is 9.91. The van der Waals surface area contributed by atoms with Crippen molar-refractivity contribution in [3.8, 4) is 11.1 Å². The number of hydrogen-bond acceptors (Lipinski definition) is 1. The zero-order chi connectivity index (χ0) is 19.4. The van der Waals surface area contributed by atoms with Crippen LogP contribution in [0.15, 0.2) is 36.4 Å². The van der Waals surface area contributed by atoms with Crippen molar-refractivity contribution in [2.45, 2.75) is 45.6 Å². The molecule has 2 aromatic rings. The van der Waals surface area contributed by atoms with Gasteiger partial charge in [0.1, 0.15) is 5.82 Å². The van der Waals surface area contributed by atoms with Gasteiger partial charge in [-0.1, -0.05) is 49.8 Å². The van der Waals surface area contributed by atoms with Crippen LogP contribution in [-0.4, -0.2) is 6.61 Å². The van der Waals surface area contributed by atoms with E-state index in [9.17, 15) is 13.2 Å². The van der Waals surface area contributed by atoms with Crippen molar-refractivity contribution in [2.24, 2.45) is 5.92 Å². The number of hydrogen-bond donors (Lipinski definition) is 0. The molecular formula is C23H25F3O. The van der Waals surface area contributed by atoms with Gasteiger partial charge < -0.3 is 4.74 Å². The number of benzene rings is 2. The molecule has 0 aliphatic carbocycles. The second-order valence-corrected chi connectivity index (χ2v) is 7.12. The highest BCUT2D eigenvalue weighted by molar-refractivity contribution is 5.67. The number of allylic oxidation sites excluding steroid dienone is 1. The predicted molar refractivity (Wildman–Crippen MR) is 103 cm³/mol. The van der Waals surface area contributed by atoms with Crippen molar-refractivity contribution in [1.29, 1.82) is 0 Å². The number of rotatable bonds is 5. The average molecular weight is 374 g/mol. The van der Waals surface area contributed by atoms with E-state index in [1.807, 2.05) is 0 Å². The molecule has 0 bridgehead atoms. The fourth-order valence-corrected chi connectivity index (χ4v) is 3.74. The fraction of sp³-hybridized carbons (Fsp3) is 0.391. The molecule has 1 saturated heterocycles. The molecule has 144 valence electrons. The minimum atomic E-state index is -0.964. The summed E-state index contributed by atoms with van der Waals surface area (Å²) in [6.07, 6.45) is 6.91. The van der Waals surface area contributed by atoms with Gasteiger partial charge in [-0.25, -0.2) is 13.2 Å². The zero-order valence-corrected chi connectivity index (χ0v) is 15.8. The summed E-state index contributed by atoms with van der Waals surface area (Å²) in [6, 6.07) is 7.51. The van der Waals surface area contributed by atoms with E-state index in [4.69, 9.17) is 4.74 Å². The Labute approximate surface area is 158 Å². The summed E-state index contributed by atoms with van der Waals surface area (Å²) >= 11 is 0. The first-order valence-corrected chi connectivity index (χ1v) is 9.57. The first-order valence-electron chi connectivity index (χ1n) is 9.57. The highest BCUT2D eigenvalue weighted by Crippen LogP contribution is 2.35. The molecule has 1 aliphatic rings. The fourth-order valence-electron chi connectivity index (χ4n) is 3.74. The quantitative estimate of drug-likeness (QED) is 0.544. The van der Waals surface area contributed by atoms with E-state index < -0.39 is 17.5 Å². The smallest absolute Gasteiger partial charge is 0.167 e. The van der Waals surface area contributed by atoms with E-state index >= 15 is 0 Å². The largest absolute Gasteiger partial charge is 0.373 e. The molecule has 2 atom stereocenters. The molecule has 1 nitrogen and oxygen atoms in total. The summed E-state index contributed by atoms with van der Waals surface area (Å²) in [6.45, 7) is 4.53. The van der Waals surface area contributed by atoms with Gasteiger partial charge in [0, 0.05) is 16.7 Å². The minimum absolute atomic E-state index is 0.0544. The lowest BCUT2D eigenvalue weighted by Gasteiger charge is -2.29. The van der Waals surface area contributed by atoms with Crippen LogP contribution < -0.4 is 0 Å². The Bertz CT molecular complexity index is 821. The molecule has 1 fully saturated rings. The lowest BCUT2D eigenvalue weighted by molar-refractivity contribution is -0.0211. The van der Waals surface area contributed by atoms with E-state index in [2.05, 4.69) is 6.92 Å². The van der Waals surface area contributed by atoms with Gasteiger partial charge in [-0.05, 0) is 43.7 Å². The van der Waals surface area contributed by atoms with Crippen molar-refractivity contribution in [3.63, 3.8) is 0 Å². The normalized spacial score (nSPS) is 20.3. The van der Waals surface area contributed by atoms with Gasteiger partial charge in [-0.3, -0.25) is 0 Å². The molecule has 0 radical (unpaired) electrons. The Hall–Kier alpha value is -2.07. The summed E-state index contributed by atoms with van der Waals surface area (Å²) in [5.74, 6) is -1.79. The van der Waals surface area contributed by atoms with E-state index in [0.717, 1.165) is 25.7 Å². The highest BCUT2D eigenvalue weighted by atomic mass is 19.2. The maximum absolute atomic E-state index is 14.7. The van der Waals surface area contributed by atoms with Crippen LogP contribution in [0.3, 0.4) is 0 Å². The zero-order valence-electron chi connectivity index (χ0n) is 15.8. The van der Waals surface area contributed by atoms with Crippen LogP contribution in [0.1, 0.15) is 56.8 Å².